The Labute approximate surface area is 111 Å². The maximum Gasteiger partial charge on any atom is 0.122 e. The van der Waals surface area contributed by atoms with Crippen LogP contribution >= 0.6 is 0 Å². The van der Waals surface area contributed by atoms with Gasteiger partial charge in [-0.25, -0.2) is 0 Å². The fourth-order valence-corrected chi connectivity index (χ4v) is 2.67. The van der Waals surface area contributed by atoms with E-state index in [1.54, 1.807) is 0 Å². The van der Waals surface area contributed by atoms with Gasteiger partial charge in [0.25, 0.3) is 0 Å². The van der Waals surface area contributed by atoms with Crippen LogP contribution in [0.1, 0.15) is 51.0 Å². The van der Waals surface area contributed by atoms with Crippen LogP contribution in [0.15, 0.2) is 24.3 Å². The lowest BCUT2D eigenvalue weighted by atomic mass is 10.1. The average Bonchev–Trinajstić information content (AvgIpc) is 2.60. The van der Waals surface area contributed by atoms with Crippen LogP contribution in [0.5, 0.6) is 5.75 Å². The molecule has 0 aliphatic heterocycles. The van der Waals surface area contributed by atoms with Gasteiger partial charge >= 0.3 is 0 Å². The summed E-state index contributed by atoms with van der Waals surface area (Å²) in [4.78, 5) is 0. The number of hydrogen-bond donors (Lipinski definition) is 1. The van der Waals surface area contributed by atoms with Gasteiger partial charge in [0.2, 0.25) is 0 Å². The Hall–Kier alpha value is -1.02. The first kappa shape index (κ1) is 13.4. The van der Waals surface area contributed by atoms with E-state index < -0.39 is 0 Å². The molecule has 2 nitrogen and oxygen atoms in total. The van der Waals surface area contributed by atoms with Gasteiger partial charge in [-0.15, -0.1) is 0 Å². The lowest BCUT2D eigenvalue weighted by Gasteiger charge is -2.20. The molecular weight excluding hydrogens is 222 g/mol. The van der Waals surface area contributed by atoms with Crippen LogP contribution in [-0.4, -0.2) is 12.1 Å². The number of ether oxygens (including phenoxy) is 1. The summed E-state index contributed by atoms with van der Waals surface area (Å²) in [6.07, 6.45) is 9.03. The molecule has 18 heavy (non-hydrogen) atoms. The minimum absolute atomic E-state index is 0.184. The highest BCUT2D eigenvalue weighted by Gasteiger charge is 2.15. The summed E-state index contributed by atoms with van der Waals surface area (Å²) in [5.41, 5.74) is 7.14. The molecule has 1 aliphatic carbocycles. The molecule has 0 amide bonds. The van der Waals surface area contributed by atoms with Gasteiger partial charge < -0.3 is 10.5 Å². The van der Waals surface area contributed by atoms with Crippen LogP contribution in [0.25, 0.3) is 0 Å². The van der Waals surface area contributed by atoms with Gasteiger partial charge in [0.15, 0.2) is 0 Å². The second-order valence-electron chi connectivity index (χ2n) is 5.52. The van der Waals surface area contributed by atoms with Gasteiger partial charge in [0, 0.05) is 6.04 Å². The normalized spacial score (nSPS) is 19.2. The molecule has 1 saturated carbocycles. The summed E-state index contributed by atoms with van der Waals surface area (Å²) in [6.45, 7) is 2.04. The Morgan fingerprint density at radius 2 is 1.83 bits per heavy atom. The summed E-state index contributed by atoms with van der Waals surface area (Å²) in [5, 5.41) is 0. The van der Waals surface area contributed by atoms with Crippen molar-refractivity contribution in [3.05, 3.63) is 29.8 Å². The van der Waals surface area contributed by atoms with Crippen molar-refractivity contribution in [3.8, 4) is 5.75 Å². The maximum atomic E-state index is 6.21. The predicted molar refractivity (Wildman–Crippen MR) is 75.9 cm³/mol. The maximum absolute atomic E-state index is 6.21. The molecule has 100 valence electrons. The summed E-state index contributed by atoms with van der Waals surface area (Å²) >= 11 is 0. The molecule has 0 saturated heterocycles. The van der Waals surface area contributed by atoms with E-state index in [-0.39, 0.29) is 6.04 Å². The quantitative estimate of drug-likeness (QED) is 0.824. The smallest absolute Gasteiger partial charge is 0.122 e. The van der Waals surface area contributed by atoms with Crippen LogP contribution in [-0.2, 0) is 6.42 Å². The average molecular weight is 247 g/mol. The van der Waals surface area contributed by atoms with Gasteiger partial charge in [-0.3, -0.25) is 0 Å². The van der Waals surface area contributed by atoms with E-state index in [0.29, 0.717) is 6.10 Å². The molecule has 2 N–H and O–H groups in total. The number of benzene rings is 1. The fourth-order valence-electron chi connectivity index (χ4n) is 2.67. The van der Waals surface area contributed by atoms with E-state index in [4.69, 9.17) is 10.5 Å². The van der Waals surface area contributed by atoms with E-state index in [1.165, 1.54) is 44.1 Å². The van der Waals surface area contributed by atoms with Crippen molar-refractivity contribution in [2.45, 2.75) is 64.0 Å². The van der Waals surface area contributed by atoms with Crippen molar-refractivity contribution < 1.29 is 4.74 Å². The zero-order valence-corrected chi connectivity index (χ0v) is 11.4. The second-order valence-corrected chi connectivity index (χ2v) is 5.52. The summed E-state index contributed by atoms with van der Waals surface area (Å²) in [5.74, 6) is 1.04. The zero-order chi connectivity index (χ0) is 12.8. The van der Waals surface area contributed by atoms with Crippen molar-refractivity contribution in [1.82, 2.24) is 0 Å². The van der Waals surface area contributed by atoms with E-state index in [1.807, 2.05) is 6.92 Å². The molecule has 2 heteroatoms. The topological polar surface area (TPSA) is 35.2 Å². The molecule has 0 spiro atoms. The first-order chi connectivity index (χ1) is 8.75. The molecule has 1 atom stereocenters. The number of hydrogen-bond acceptors (Lipinski definition) is 2. The van der Waals surface area contributed by atoms with Gasteiger partial charge in [-0.1, -0.05) is 31.0 Å². The van der Waals surface area contributed by atoms with Crippen LogP contribution < -0.4 is 10.5 Å². The molecule has 1 aliphatic rings. The summed E-state index contributed by atoms with van der Waals surface area (Å²) in [6, 6.07) is 8.52. The van der Waals surface area contributed by atoms with Crippen molar-refractivity contribution in [2.75, 3.05) is 0 Å². The molecule has 2 rings (SSSR count). The Bertz CT molecular complexity index is 354. The Morgan fingerprint density at radius 1 is 1.17 bits per heavy atom. The minimum Gasteiger partial charge on any atom is -0.490 e. The number of rotatable bonds is 4. The summed E-state index contributed by atoms with van der Waals surface area (Å²) in [7, 11) is 0. The third-order valence-electron chi connectivity index (χ3n) is 3.61. The molecule has 1 fully saturated rings. The molecule has 0 radical (unpaired) electrons. The van der Waals surface area contributed by atoms with Crippen LogP contribution in [0.3, 0.4) is 0 Å². The molecule has 0 heterocycles. The first-order valence-corrected chi connectivity index (χ1v) is 7.26. The molecular formula is C16H25NO. The van der Waals surface area contributed by atoms with Crippen LogP contribution in [0, 0.1) is 0 Å². The van der Waals surface area contributed by atoms with Crippen LogP contribution in [0.2, 0.25) is 0 Å². The molecule has 1 aromatic rings. The standard InChI is InChI=1S/C16H25NO/c1-13(17)12-14-8-6-7-11-16(14)18-15-9-4-2-3-5-10-15/h6-8,11,13,15H,2-5,9-10,12,17H2,1H3. The highest BCUT2D eigenvalue weighted by molar-refractivity contribution is 5.34. The largest absolute Gasteiger partial charge is 0.490 e. The zero-order valence-electron chi connectivity index (χ0n) is 11.4. The molecule has 1 unspecified atom stereocenters. The molecule has 0 bridgehead atoms. The lowest BCUT2D eigenvalue weighted by Crippen LogP contribution is -2.20. The van der Waals surface area contributed by atoms with Gasteiger partial charge in [0.05, 0.1) is 6.10 Å². The second kappa shape index (κ2) is 6.79. The minimum atomic E-state index is 0.184. The van der Waals surface area contributed by atoms with Crippen molar-refractivity contribution in [1.29, 1.82) is 0 Å². The van der Waals surface area contributed by atoms with E-state index in [9.17, 15) is 0 Å². The highest BCUT2D eigenvalue weighted by Crippen LogP contribution is 2.26. The third-order valence-corrected chi connectivity index (χ3v) is 3.61. The lowest BCUT2D eigenvalue weighted by molar-refractivity contribution is 0.182. The van der Waals surface area contributed by atoms with Crippen molar-refractivity contribution in [2.24, 2.45) is 5.73 Å². The van der Waals surface area contributed by atoms with Crippen molar-refractivity contribution in [3.63, 3.8) is 0 Å². The predicted octanol–water partition coefficient (Wildman–Crippen LogP) is 3.68. The number of nitrogens with two attached hydrogens (primary N) is 1. The van der Waals surface area contributed by atoms with E-state index >= 15 is 0 Å². The van der Waals surface area contributed by atoms with Gasteiger partial charge in [-0.2, -0.15) is 0 Å². The van der Waals surface area contributed by atoms with E-state index in [0.717, 1.165) is 12.2 Å². The Morgan fingerprint density at radius 3 is 2.50 bits per heavy atom. The molecule has 1 aromatic carbocycles. The Kier molecular flexibility index (Phi) is 5.06. The number of para-hydroxylation sites is 1. The fraction of sp³-hybridized carbons (Fsp3) is 0.625. The molecule has 0 aromatic heterocycles. The van der Waals surface area contributed by atoms with Gasteiger partial charge in [0.1, 0.15) is 5.75 Å². The third kappa shape index (κ3) is 4.02. The first-order valence-electron chi connectivity index (χ1n) is 7.26. The Balaban J connectivity index is 2.02. The van der Waals surface area contributed by atoms with E-state index in [2.05, 4.69) is 24.3 Å². The SMILES string of the molecule is CC(N)Cc1ccccc1OC1CCCCCC1. The summed E-state index contributed by atoms with van der Waals surface area (Å²) < 4.78 is 6.21. The highest BCUT2D eigenvalue weighted by atomic mass is 16.5. The monoisotopic (exact) mass is 247 g/mol. The van der Waals surface area contributed by atoms with Crippen molar-refractivity contribution >= 4 is 0 Å². The van der Waals surface area contributed by atoms with Gasteiger partial charge in [-0.05, 0) is 50.7 Å². The van der Waals surface area contributed by atoms with Crippen LogP contribution in [0.4, 0.5) is 0 Å².